The van der Waals surface area contributed by atoms with Crippen molar-refractivity contribution in [3.8, 4) is 5.75 Å². The number of rotatable bonds is 7. The summed E-state index contributed by atoms with van der Waals surface area (Å²) in [5.74, 6) is 0.876. The van der Waals surface area contributed by atoms with Gasteiger partial charge in [-0.1, -0.05) is 19.1 Å². The van der Waals surface area contributed by atoms with Gasteiger partial charge in [-0.3, -0.25) is 4.79 Å². The molecule has 0 aliphatic carbocycles. The van der Waals surface area contributed by atoms with Crippen molar-refractivity contribution in [3.05, 3.63) is 29.8 Å². The van der Waals surface area contributed by atoms with E-state index in [2.05, 4.69) is 5.32 Å². The Bertz CT molecular complexity index is 365. The van der Waals surface area contributed by atoms with Gasteiger partial charge in [0.05, 0.1) is 12.5 Å². The smallest absolute Gasteiger partial charge is 0.220 e. The van der Waals surface area contributed by atoms with Crippen molar-refractivity contribution in [1.82, 2.24) is 5.32 Å². The molecule has 1 atom stereocenters. The third-order valence-corrected chi connectivity index (χ3v) is 3.23. The maximum Gasteiger partial charge on any atom is 0.220 e. The van der Waals surface area contributed by atoms with Crippen molar-refractivity contribution >= 4 is 17.5 Å². The Balaban J connectivity index is 2.29. The molecule has 18 heavy (non-hydrogen) atoms. The van der Waals surface area contributed by atoms with Crippen LogP contribution in [0.2, 0.25) is 0 Å². The summed E-state index contributed by atoms with van der Waals surface area (Å²) in [5, 5.41) is 2.85. The Morgan fingerprint density at radius 2 is 2.06 bits per heavy atom. The van der Waals surface area contributed by atoms with E-state index in [-0.39, 0.29) is 11.3 Å². The van der Waals surface area contributed by atoms with Gasteiger partial charge in [-0.05, 0) is 30.5 Å². The molecule has 0 bridgehead atoms. The van der Waals surface area contributed by atoms with Gasteiger partial charge in [0.2, 0.25) is 5.91 Å². The number of hydrogen-bond donors (Lipinski definition) is 1. The number of alkyl halides is 1. The second-order valence-electron chi connectivity index (χ2n) is 4.16. The Labute approximate surface area is 113 Å². The maximum atomic E-state index is 11.6. The fourth-order valence-electron chi connectivity index (χ4n) is 1.51. The van der Waals surface area contributed by atoms with Crippen LogP contribution in [0.1, 0.15) is 25.3 Å². The number of nitrogens with one attached hydrogen (secondary N) is 1. The number of hydrogen-bond acceptors (Lipinski definition) is 2. The molecule has 0 spiro atoms. The highest BCUT2D eigenvalue weighted by molar-refractivity contribution is 6.20. The third-order valence-electron chi connectivity index (χ3n) is 2.76. The van der Waals surface area contributed by atoms with Crippen LogP contribution in [0.25, 0.3) is 0 Å². The van der Waals surface area contributed by atoms with E-state index in [1.54, 1.807) is 7.11 Å². The fraction of sp³-hybridized carbons (Fsp3) is 0.500. The van der Waals surface area contributed by atoms with E-state index < -0.39 is 0 Å². The average molecular weight is 270 g/mol. The van der Waals surface area contributed by atoms with Gasteiger partial charge in [0.15, 0.2) is 0 Å². The summed E-state index contributed by atoms with van der Waals surface area (Å²) in [4.78, 5) is 11.6. The average Bonchev–Trinajstić information content (AvgIpc) is 2.42. The number of aryl methyl sites for hydroxylation is 1. The van der Waals surface area contributed by atoms with Crippen molar-refractivity contribution in [1.29, 1.82) is 0 Å². The van der Waals surface area contributed by atoms with E-state index in [0.29, 0.717) is 13.0 Å². The van der Waals surface area contributed by atoms with Gasteiger partial charge in [-0.15, -0.1) is 11.6 Å². The zero-order valence-corrected chi connectivity index (χ0v) is 11.7. The summed E-state index contributed by atoms with van der Waals surface area (Å²) in [6.45, 7) is 2.54. The Hall–Kier alpha value is -1.22. The van der Waals surface area contributed by atoms with E-state index in [1.807, 2.05) is 31.2 Å². The lowest BCUT2D eigenvalue weighted by Crippen LogP contribution is -2.29. The molecule has 0 saturated heterocycles. The van der Waals surface area contributed by atoms with Crippen molar-refractivity contribution in [2.75, 3.05) is 13.7 Å². The first kappa shape index (κ1) is 14.8. The minimum absolute atomic E-state index is 0.0231. The van der Waals surface area contributed by atoms with E-state index in [4.69, 9.17) is 16.3 Å². The molecule has 0 fully saturated rings. The molecule has 0 saturated carbocycles. The highest BCUT2D eigenvalue weighted by Gasteiger charge is 2.05. The Morgan fingerprint density at radius 1 is 1.39 bits per heavy atom. The standard InChI is InChI=1S/C14H20ClNO2/c1-3-12(15)10-16-14(17)9-6-11-4-7-13(18-2)8-5-11/h4-5,7-8,12H,3,6,9-10H2,1-2H3,(H,16,17). The topological polar surface area (TPSA) is 38.3 Å². The van der Waals surface area contributed by atoms with E-state index in [0.717, 1.165) is 24.2 Å². The van der Waals surface area contributed by atoms with Crippen LogP contribution in [-0.2, 0) is 11.2 Å². The molecule has 3 nitrogen and oxygen atoms in total. The van der Waals surface area contributed by atoms with Crippen LogP contribution >= 0.6 is 11.6 Å². The Morgan fingerprint density at radius 3 is 2.61 bits per heavy atom. The molecule has 1 aromatic carbocycles. The molecule has 1 N–H and O–H groups in total. The first-order valence-electron chi connectivity index (χ1n) is 6.19. The number of halogens is 1. The van der Waals surface area contributed by atoms with Gasteiger partial charge < -0.3 is 10.1 Å². The molecular formula is C14H20ClNO2. The molecule has 0 aliphatic heterocycles. The largest absolute Gasteiger partial charge is 0.497 e. The molecule has 4 heteroatoms. The summed E-state index contributed by atoms with van der Waals surface area (Å²) in [6.07, 6.45) is 2.08. The van der Waals surface area contributed by atoms with E-state index in [9.17, 15) is 4.79 Å². The zero-order valence-electron chi connectivity index (χ0n) is 10.9. The summed E-state index contributed by atoms with van der Waals surface area (Å²) in [5.41, 5.74) is 1.13. The van der Waals surface area contributed by atoms with E-state index in [1.165, 1.54) is 0 Å². The molecule has 0 radical (unpaired) electrons. The van der Waals surface area contributed by atoms with Crippen molar-refractivity contribution in [2.24, 2.45) is 0 Å². The lowest BCUT2D eigenvalue weighted by molar-refractivity contribution is -0.121. The van der Waals surface area contributed by atoms with Crippen molar-refractivity contribution < 1.29 is 9.53 Å². The van der Waals surface area contributed by atoms with Gasteiger partial charge >= 0.3 is 0 Å². The van der Waals surface area contributed by atoms with E-state index >= 15 is 0 Å². The third kappa shape index (κ3) is 5.41. The second-order valence-corrected chi connectivity index (χ2v) is 4.77. The molecule has 1 amide bonds. The lowest BCUT2D eigenvalue weighted by Gasteiger charge is -2.08. The predicted octanol–water partition coefficient (Wildman–Crippen LogP) is 2.76. The number of methoxy groups -OCH3 is 1. The number of ether oxygens (including phenoxy) is 1. The van der Waals surface area contributed by atoms with Gasteiger partial charge in [-0.25, -0.2) is 0 Å². The quantitative estimate of drug-likeness (QED) is 0.773. The van der Waals surface area contributed by atoms with Crippen LogP contribution in [0.3, 0.4) is 0 Å². The van der Waals surface area contributed by atoms with Crippen molar-refractivity contribution in [2.45, 2.75) is 31.6 Å². The summed E-state index contributed by atoms with van der Waals surface area (Å²) in [6, 6.07) is 7.75. The summed E-state index contributed by atoms with van der Waals surface area (Å²) >= 11 is 5.93. The van der Waals surface area contributed by atoms with Gasteiger partial charge in [0.25, 0.3) is 0 Å². The first-order chi connectivity index (χ1) is 8.65. The monoisotopic (exact) mass is 269 g/mol. The molecular weight excluding hydrogens is 250 g/mol. The second kappa shape index (κ2) is 7.98. The number of carbonyl (C=O) groups is 1. The normalized spacial score (nSPS) is 11.9. The molecule has 1 unspecified atom stereocenters. The highest BCUT2D eigenvalue weighted by Crippen LogP contribution is 2.12. The first-order valence-corrected chi connectivity index (χ1v) is 6.63. The van der Waals surface area contributed by atoms with Crippen LogP contribution in [0, 0.1) is 0 Å². The van der Waals surface area contributed by atoms with Crippen LogP contribution in [0.5, 0.6) is 5.75 Å². The Kier molecular flexibility index (Phi) is 6.58. The van der Waals surface area contributed by atoms with Crippen LogP contribution in [0.15, 0.2) is 24.3 Å². The molecule has 1 rings (SSSR count). The predicted molar refractivity (Wildman–Crippen MR) is 74.3 cm³/mol. The SMILES string of the molecule is CCC(Cl)CNC(=O)CCc1ccc(OC)cc1. The van der Waals surface area contributed by atoms with Gasteiger partial charge in [-0.2, -0.15) is 0 Å². The number of carbonyl (C=O) groups excluding carboxylic acids is 1. The van der Waals surface area contributed by atoms with Gasteiger partial charge in [0, 0.05) is 13.0 Å². The maximum absolute atomic E-state index is 11.6. The van der Waals surface area contributed by atoms with Crippen molar-refractivity contribution in [3.63, 3.8) is 0 Å². The van der Waals surface area contributed by atoms with Crippen LogP contribution < -0.4 is 10.1 Å². The minimum atomic E-state index is 0.0231. The van der Waals surface area contributed by atoms with Crippen LogP contribution in [-0.4, -0.2) is 24.9 Å². The molecule has 1 aromatic rings. The molecule has 0 aliphatic rings. The number of benzene rings is 1. The fourth-order valence-corrected chi connectivity index (χ4v) is 1.58. The molecule has 100 valence electrons. The highest BCUT2D eigenvalue weighted by atomic mass is 35.5. The van der Waals surface area contributed by atoms with Gasteiger partial charge in [0.1, 0.15) is 5.75 Å². The molecule has 0 aromatic heterocycles. The zero-order chi connectivity index (χ0) is 13.4. The minimum Gasteiger partial charge on any atom is -0.497 e. The lowest BCUT2D eigenvalue weighted by atomic mass is 10.1. The summed E-state index contributed by atoms with van der Waals surface area (Å²) < 4.78 is 5.08. The molecule has 0 heterocycles. The number of amides is 1. The summed E-state index contributed by atoms with van der Waals surface area (Å²) in [7, 11) is 1.64. The van der Waals surface area contributed by atoms with Crippen LogP contribution in [0.4, 0.5) is 0 Å².